The van der Waals surface area contributed by atoms with Gasteiger partial charge in [0.2, 0.25) is 0 Å². The topological polar surface area (TPSA) is 51.2 Å². The number of carbonyl (C=O) groups is 1. The van der Waals surface area contributed by atoms with Gasteiger partial charge in [0.25, 0.3) is 0 Å². The maximum Gasteiger partial charge on any atom is 0.341 e. The van der Waals surface area contributed by atoms with Crippen molar-refractivity contribution in [3.05, 3.63) is 10.9 Å². The number of hydrogen-bond donors (Lipinski definition) is 0. The van der Waals surface area contributed by atoms with Gasteiger partial charge in [-0.25, -0.2) is 4.79 Å². The van der Waals surface area contributed by atoms with E-state index in [9.17, 15) is 4.79 Å². The first kappa shape index (κ1) is 15.6. The van der Waals surface area contributed by atoms with Gasteiger partial charge in [0.05, 0.1) is 44.3 Å². The van der Waals surface area contributed by atoms with Gasteiger partial charge in [-0.05, 0) is 6.92 Å². The molecule has 0 bridgehead atoms. The van der Waals surface area contributed by atoms with Gasteiger partial charge < -0.3 is 24.0 Å². The number of thiophene rings is 1. The Kier molecular flexibility index (Phi) is 5.17. The van der Waals surface area contributed by atoms with Crippen LogP contribution >= 0.6 is 11.3 Å². The lowest BCUT2D eigenvalue weighted by Gasteiger charge is -2.34. The number of hydrogen-bond acceptors (Lipinski definition) is 7. The third-order valence-electron chi connectivity index (χ3n) is 3.87. The van der Waals surface area contributed by atoms with Crippen molar-refractivity contribution in [3.63, 3.8) is 0 Å². The molecule has 3 heterocycles. The lowest BCUT2D eigenvalue weighted by Crippen LogP contribution is -2.40. The van der Waals surface area contributed by atoms with Crippen LogP contribution in [0.3, 0.4) is 0 Å². The maximum absolute atomic E-state index is 12.3. The SMILES string of the molecule is CCOC(=O)c1csc(N2CCOCC2)c1N1CCOCC1. The molecule has 0 spiro atoms. The zero-order chi connectivity index (χ0) is 15.4. The van der Waals surface area contributed by atoms with Crippen LogP contribution < -0.4 is 9.80 Å². The lowest BCUT2D eigenvalue weighted by atomic mass is 10.2. The fourth-order valence-corrected chi connectivity index (χ4v) is 3.90. The van der Waals surface area contributed by atoms with E-state index in [1.807, 2.05) is 12.3 Å². The molecule has 7 heteroatoms. The van der Waals surface area contributed by atoms with Gasteiger partial charge in [0.1, 0.15) is 5.00 Å². The molecule has 3 rings (SSSR count). The smallest absolute Gasteiger partial charge is 0.341 e. The quantitative estimate of drug-likeness (QED) is 0.784. The largest absolute Gasteiger partial charge is 0.462 e. The van der Waals surface area contributed by atoms with Crippen molar-refractivity contribution in [3.8, 4) is 0 Å². The highest BCUT2D eigenvalue weighted by atomic mass is 32.1. The van der Waals surface area contributed by atoms with E-state index in [-0.39, 0.29) is 5.97 Å². The molecule has 122 valence electrons. The highest BCUT2D eigenvalue weighted by Gasteiger charge is 2.28. The summed E-state index contributed by atoms with van der Waals surface area (Å²) in [7, 11) is 0. The van der Waals surface area contributed by atoms with Gasteiger partial charge in [0.15, 0.2) is 0 Å². The summed E-state index contributed by atoms with van der Waals surface area (Å²) in [6, 6.07) is 0. The van der Waals surface area contributed by atoms with E-state index in [4.69, 9.17) is 14.2 Å². The molecule has 0 N–H and O–H groups in total. The number of rotatable bonds is 4. The third-order valence-corrected chi connectivity index (χ3v) is 4.90. The molecule has 0 unspecified atom stereocenters. The zero-order valence-corrected chi connectivity index (χ0v) is 13.7. The van der Waals surface area contributed by atoms with Crippen LogP contribution in [-0.4, -0.2) is 65.2 Å². The average Bonchev–Trinajstić information content (AvgIpc) is 3.02. The molecule has 2 saturated heterocycles. The Hall–Kier alpha value is -1.31. The van der Waals surface area contributed by atoms with Gasteiger partial charge in [-0.2, -0.15) is 0 Å². The second-order valence-electron chi connectivity index (χ2n) is 5.22. The number of nitrogens with zero attached hydrogens (tertiary/aromatic N) is 2. The Morgan fingerprint density at radius 3 is 2.32 bits per heavy atom. The van der Waals surface area contributed by atoms with E-state index < -0.39 is 0 Å². The number of ether oxygens (including phenoxy) is 3. The summed E-state index contributed by atoms with van der Waals surface area (Å²) in [6.07, 6.45) is 0. The zero-order valence-electron chi connectivity index (χ0n) is 12.9. The molecule has 0 radical (unpaired) electrons. The average molecular weight is 326 g/mol. The second-order valence-corrected chi connectivity index (χ2v) is 6.08. The first-order valence-corrected chi connectivity index (χ1v) is 8.63. The fourth-order valence-electron chi connectivity index (χ4n) is 2.78. The van der Waals surface area contributed by atoms with Crippen LogP contribution in [0.5, 0.6) is 0 Å². The van der Waals surface area contributed by atoms with E-state index in [1.54, 1.807) is 11.3 Å². The third kappa shape index (κ3) is 3.21. The minimum atomic E-state index is -0.236. The van der Waals surface area contributed by atoms with Gasteiger partial charge >= 0.3 is 5.97 Å². The molecule has 0 saturated carbocycles. The first-order chi connectivity index (χ1) is 10.8. The predicted molar refractivity (Wildman–Crippen MR) is 86.3 cm³/mol. The molecule has 1 aromatic heterocycles. The van der Waals surface area contributed by atoms with Gasteiger partial charge in [-0.15, -0.1) is 11.3 Å². The fraction of sp³-hybridized carbons (Fsp3) is 0.667. The standard InChI is InChI=1S/C15H22N2O4S/c1-2-21-15(18)12-11-22-14(17-5-9-20-10-6-17)13(12)16-3-7-19-8-4-16/h11H,2-10H2,1H3. The Labute approximate surface area is 134 Å². The van der Waals surface area contributed by atoms with Crippen LogP contribution in [0, 0.1) is 0 Å². The molecule has 6 nitrogen and oxygen atoms in total. The predicted octanol–water partition coefficient (Wildman–Crippen LogP) is 1.60. The Bertz CT molecular complexity index is 508. The van der Waals surface area contributed by atoms with Crippen LogP contribution in [0.1, 0.15) is 17.3 Å². The van der Waals surface area contributed by atoms with Crippen LogP contribution in [0.25, 0.3) is 0 Å². The number of esters is 1. The van der Waals surface area contributed by atoms with Crippen molar-refractivity contribution in [2.45, 2.75) is 6.92 Å². The van der Waals surface area contributed by atoms with Crippen LogP contribution in [0.2, 0.25) is 0 Å². The van der Waals surface area contributed by atoms with E-state index in [1.165, 1.54) is 0 Å². The van der Waals surface area contributed by atoms with Crippen molar-refractivity contribution < 1.29 is 19.0 Å². The van der Waals surface area contributed by atoms with Gasteiger partial charge in [-0.3, -0.25) is 0 Å². The summed E-state index contributed by atoms with van der Waals surface area (Å²) in [4.78, 5) is 16.8. The maximum atomic E-state index is 12.3. The summed E-state index contributed by atoms with van der Waals surface area (Å²) in [5, 5.41) is 3.07. The Balaban J connectivity index is 1.92. The Morgan fingerprint density at radius 2 is 1.73 bits per heavy atom. The normalized spacial score (nSPS) is 19.3. The van der Waals surface area contributed by atoms with Gasteiger partial charge in [0, 0.05) is 31.6 Å². The van der Waals surface area contributed by atoms with Crippen molar-refractivity contribution in [1.29, 1.82) is 0 Å². The first-order valence-electron chi connectivity index (χ1n) is 7.75. The number of anilines is 2. The highest BCUT2D eigenvalue weighted by molar-refractivity contribution is 7.15. The summed E-state index contributed by atoms with van der Waals surface area (Å²) < 4.78 is 16.1. The molecule has 2 aliphatic rings. The van der Waals surface area contributed by atoms with Crippen LogP contribution in [0.15, 0.2) is 5.38 Å². The van der Waals surface area contributed by atoms with Crippen molar-refractivity contribution in [1.82, 2.24) is 0 Å². The van der Waals surface area contributed by atoms with Crippen molar-refractivity contribution >= 4 is 28.0 Å². The van der Waals surface area contributed by atoms with E-state index in [0.29, 0.717) is 25.4 Å². The summed E-state index contributed by atoms with van der Waals surface area (Å²) in [5.74, 6) is -0.236. The lowest BCUT2D eigenvalue weighted by molar-refractivity contribution is 0.0527. The molecular weight excluding hydrogens is 304 g/mol. The molecule has 1 aromatic rings. The summed E-state index contributed by atoms with van der Waals surface area (Å²) in [6.45, 7) is 8.42. The molecule has 2 fully saturated rings. The second kappa shape index (κ2) is 7.30. The molecular formula is C15H22N2O4S. The molecule has 0 aliphatic carbocycles. The number of carbonyl (C=O) groups excluding carboxylic acids is 1. The highest BCUT2D eigenvalue weighted by Crippen LogP contribution is 2.40. The molecule has 0 atom stereocenters. The van der Waals surface area contributed by atoms with Gasteiger partial charge in [-0.1, -0.05) is 0 Å². The molecule has 22 heavy (non-hydrogen) atoms. The van der Waals surface area contributed by atoms with Crippen molar-refractivity contribution in [2.24, 2.45) is 0 Å². The van der Waals surface area contributed by atoms with Crippen LogP contribution in [-0.2, 0) is 14.2 Å². The molecule has 0 aromatic carbocycles. The number of morpholine rings is 2. The van der Waals surface area contributed by atoms with E-state index >= 15 is 0 Å². The summed E-state index contributed by atoms with van der Waals surface area (Å²) >= 11 is 1.62. The van der Waals surface area contributed by atoms with E-state index in [2.05, 4.69) is 9.80 Å². The summed E-state index contributed by atoms with van der Waals surface area (Å²) in [5.41, 5.74) is 1.68. The van der Waals surface area contributed by atoms with Crippen LogP contribution in [0.4, 0.5) is 10.7 Å². The van der Waals surface area contributed by atoms with Crippen molar-refractivity contribution in [2.75, 3.05) is 69.0 Å². The van der Waals surface area contributed by atoms with E-state index in [0.717, 1.165) is 50.1 Å². The molecule has 0 amide bonds. The molecule has 2 aliphatic heterocycles. The minimum absolute atomic E-state index is 0.236. The monoisotopic (exact) mass is 326 g/mol. The minimum Gasteiger partial charge on any atom is -0.462 e. The Morgan fingerprint density at radius 1 is 1.14 bits per heavy atom.